The van der Waals surface area contributed by atoms with Crippen molar-refractivity contribution in [1.82, 2.24) is 52.4 Å². The van der Waals surface area contributed by atoms with E-state index in [0.29, 0.717) is 11.1 Å². The summed E-state index contributed by atoms with van der Waals surface area (Å²) in [5.41, 5.74) is 29.6. The fourth-order valence-electron chi connectivity index (χ4n) is 8.73. The minimum absolute atomic E-state index is 0.000996. The maximum absolute atomic E-state index is 15.1. The van der Waals surface area contributed by atoms with Gasteiger partial charge in [0, 0.05) is 56.5 Å². The Bertz CT molecular complexity index is 2650. The summed E-state index contributed by atoms with van der Waals surface area (Å²) in [6, 6.07) is 4.68. The quantitative estimate of drug-likeness (QED) is 0.0366. The number of H-pyrrole nitrogens is 1. The van der Waals surface area contributed by atoms with Crippen molar-refractivity contribution in [3.05, 3.63) is 71.9 Å². The highest BCUT2D eigenvalue weighted by atomic mass is 16.2. The number of amides is 10. The molecule has 3 aromatic rings. The van der Waals surface area contributed by atoms with Crippen molar-refractivity contribution in [2.45, 2.75) is 120 Å². The Hall–Kier alpha value is -8.78. The third-order valence-electron chi connectivity index (χ3n) is 12.6. The normalized spacial score (nSPS) is 22.7. The Morgan fingerprint density at radius 2 is 1.42 bits per heavy atom. The molecule has 76 heavy (non-hydrogen) atoms. The number of nitrogens with two attached hydrogens (primary N) is 5. The van der Waals surface area contributed by atoms with E-state index in [-0.39, 0.29) is 82.9 Å². The van der Waals surface area contributed by atoms with E-state index in [9.17, 15) is 43.2 Å². The standard InChI is InChI=1S/C49H69N17O10/c1-26-41(70)64-36(21-28-11-4-3-5-12-28)47(76)66-25-37(65-46(75)38(66)17-10-20-57-49(53)54)45(74)62-34(22-29-24-58-31-14-7-6-13-30(29)31)44(73)61-32(40(50)69)15-8-18-55-39(68)23-35(43(72)59-26)63-42(71)33(60-27(2)67)16-9-19-56-48(51)52/h3-7,11-14,24,26,32-38,58H,8-10,15-23,25H2,1-2H3,(H2,50,69)(H,55,68)(H,59,72)(H,60,67)(H,61,73)(H,62,74)(H,63,71)(H,64,70)(H,65,75)(H4,51,52,56)(H4,53,54,57)/t26-,32?,33-,34-,35-,36+,37+,38-/m0/s1. The molecule has 5 rings (SSSR count). The number of nitrogens with one attached hydrogen (secondary N) is 9. The lowest BCUT2D eigenvalue weighted by atomic mass is 9.98. The first kappa shape index (κ1) is 58.1. The summed E-state index contributed by atoms with van der Waals surface area (Å²) in [7, 11) is 0. The molecule has 27 heteroatoms. The maximum Gasteiger partial charge on any atom is 0.246 e. The Morgan fingerprint density at radius 1 is 0.750 bits per heavy atom. The number of hydrogen-bond donors (Lipinski definition) is 14. The van der Waals surface area contributed by atoms with Gasteiger partial charge >= 0.3 is 0 Å². The van der Waals surface area contributed by atoms with E-state index in [1.54, 1.807) is 42.6 Å². The van der Waals surface area contributed by atoms with Gasteiger partial charge in [0.05, 0.1) is 13.0 Å². The average molecular weight is 1060 g/mol. The number of aliphatic imine (C=N–C) groups is 2. The number of benzene rings is 2. The molecule has 0 aliphatic carbocycles. The van der Waals surface area contributed by atoms with Crippen LogP contribution in [0.5, 0.6) is 0 Å². The predicted octanol–water partition coefficient (Wildman–Crippen LogP) is -4.51. The molecule has 410 valence electrons. The van der Waals surface area contributed by atoms with Crippen LogP contribution >= 0.6 is 0 Å². The smallest absolute Gasteiger partial charge is 0.246 e. The summed E-state index contributed by atoms with van der Waals surface area (Å²) < 4.78 is 0. The maximum atomic E-state index is 15.1. The Labute approximate surface area is 437 Å². The number of hydrogen-bond acceptors (Lipinski definition) is 12. The number of carbonyl (C=O) groups is 10. The van der Waals surface area contributed by atoms with E-state index < -0.39 is 120 Å². The first-order valence-corrected chi connectivity index (χ1v) is 24.9. The molecule has 0 spiro atoms. The highest BCUT2D eigenvalue weighted by Gasteiger charge is 2.43. The molecule has 27 nitrogen and oxygen atoms in total. The van der Waals surface area contributed by atoms with Crippen molar-refractivity contribution in [2.75, 3.05) is 26.2 Å². The molecule has 2 bridgehead atoms. The Morgan fingerprint density at radius 3 is 2.11 bits per heavy atom. The second-order valence-corrected chi connectivity index (χ2v) is 18.5. The number of fused-ring (bicyclic) bond motifs is 3. The highest BCUT2D eigenvalue weighted by molar-refractivity contribution is 6.00. The van der Waals surface area contributed by atoms with Gasteiger partial charge < -0.3 is 81.1 Å². The van der Waals surface area contributed by atoms with E-state index in [1.807, 2.05) is 18.2 Å². The third-order valence-corrected chi connectivity index (χ3v) is 12.6. The second-order valence-electron chi connectivity index (χ2n) is 18.5. The SMILES string of the molecule is CC(=O)N[C@@H](CCCN=C(N)N)C(=O)N[C@H]1CC(=O)NCCCC(C(N)=O)NC(=O)[C@H](Cc2c[nH]c3ccccc23)NC(=O)[C@H]2CN(C(=O)[C@@H](Cc3ccccc3)NC(=O)[C@H](C)NC1=O)[C@@H](CCCN=C(N)N)C(=O)N2. The van der Waals surface area contributed by atoms with E-state index in [0.717, 1.165) is 15.8 Å². The molecular formula is C49H69N17O10. The first-order chi connectivity index (χ1) is 36.2. The van der Waals surface area contributed by atoms with Crippen molar-refractivity contribution in [3.63, 3.8) is 0 Å². The Kier molecular flexibility index (Phi) is 21.4. The lowest BCUT2D eigenvalue weighted by molar-refractivity contribution is -0.150. The van der Waals surface area contributed by atoms with E-state index >= 15 is 4.79 Å². The zero-order chi connectivity index (χ0) is 55.5. The van der Waals surface area contributed by atoms with E-state index in [2.05, 4.69) is 57.5 Å². The van der Waals surface area contributed by atoms with Gasteiger partial charge in [-0.3, -0.25) is 57.9 Å². The zero-order valence-corrected chi connectivity index (χ0v) is 42.4. The fraction of sp³-hybridized carbons (Fsp3) is 0.469. The molecule has 8 atom stereocenters. The Balaban J connectivity index is 1.54. The number of para-hydroxylation sites is 1. The molecule has 19 N–H and O–H groups in total. The molecule has 2 aliphatic rings. The van der Waals surface area contributed by atoms with Gasteiger partial charge in [0.15, 0.2) is 11.9 Å². The number of aromatic amines is 1. The number of nitrogens with zero attached hydrogens (tertiary/aromatic N) is 3. The molecule has 2 aliphatic heterocycles. The van der Waals surface area contributed by atoms with Gasteiger partial charge in [0.1, 0.15) is 48.3 Å². The van der Waals surface area contributed by atoms with Crippen LogP contribution in [-0.4, -0.2) is 155 Å². The van der Waals surface area contributed by atoms with Gasteiger partial charge in [0.25, 0.3) is 0 Å². The number of aromatic nitrogens is 1. The van der Waals surface area contributed by atoms with Crippen LogP contribution in [0.2, 0.25) is 0 Å². The minimum atomic E-state index is -1.65. The lowest BCUT2D eigenvalue weighted by Crippen LogP contribution is -2.68. The van der Waals surface area contributed by atoms with Crippen LogP contribution in [0.4, 0.5) is 0 Å². The van der Waals surface area contributed by atoms with Crippen molar-refractivity contribution in [2.24, 2.45) is 38.7 Å². The van der Waals surface area contributed by atoms with Crippen LogP contribution in [0, 0.1) is 0 Å². The van der Waals surface area contributed by atoms with Crippen molar-refractivity contribution in [3.8, 4) is 0 Å². The molecule has 2 aromatic carbocycles. The summed E-state index contributed by atoms with van der Waals surface area (Å²) in [5.74, 6) is -8.63. The summed E-state index contributed by atoms with van der Waals surface area (Å²) in [4.78, 5) is 151. The second kappa shape index (κ2) is 28.0. The molecule has 1 aromatic heterocycles. The third kappa shape index (κ3) is 17.4. The van der Waals surface area contributed by atoms with Gasteiger partial charge in [-0.1, -0.05) is 48.5 Å². The molecule has 3 heterocycles. The van der Waals surface area contributed by atoms with Gasteiger partial charge in [-0.15, -0.1) is 0 Å². The van der Waals surface area contributed by atoms with Crippen LogP contribution in [-0.2, 0) is 60.8 Å². The first-order valence-electron chi connectivity index (χ1n) is 24.9. The van der Waals surface area contributed by atoms with Crippen LogP contribution in [0.3, 0.4) is 0 Å². The summed E-state index contributed by atoms with van der Waals surface area (Å²) in [6.45, 7) is 2.10. The lowest BCUT2D eigenvalue weighted by Gasteiger charge is -2.41. The number of piperazine rings is 1. The van der Waals surface area contributed by atoms with E-state index in [1.165, 1.54) is 13.8 Å². The van der Waals surface area contributed by atoms with Gasteiger partial charge in [0.2, 0.25) is 59.1 Å². The van der Waals surface area contributed by atoms with Crippen molar-refractivity contribution < 1.29 is 47.9 Å². The topological polar surface area (TPSA) is 441 Å². The average Bonchev–Trinajstić information content (AvgIpc) is 3.78. The van der Waals surface area contributed by atoms with Crippen molar-refractivity contribution in [1.29, 1.82) is 0 Å². The molecule has 1 unspecified atom stereocenters. The van der Waals surface area contributed by atoms with Crippen molar-refractivity contribution >= 4 is 81.9 Å². The van der Waals surface area contributed by atoms with Crippen LogP contribution in [0.25, 0.3) is 10.9 Å². The summed E-state index contributed by atoms with van der Waals surface area (Å²) >= 11 is 0. The molecule has 2 fully saturated rings. The van der Waals surface area contributed by atoms with Crippen LogP contribution in [0.15, 0.2) is 70.8 Å². The number of carbonyl (C=O) groups excluding carboxylic acids is 10. The molecule has 10 amide bonds. The molecule has 0 radical (unpaired) electrons. The number of guanidine groups is 2. The number of rotatable bonds is 16. The monoisotopic (exact) mass is 1060 g/mol. The summed E-state index contributed by atoms with van der Waals surface area (Å²) in [6.07, 6.45) is 1.11. The largest absolute Gasteiger partial charge is 0.370 e. The summed E-state index contributed by atoms with van der Waals surface area (Å²) in [5, 5.41) is 21.6. The minimum Gasteiger partial charge on any atom is -0.370 e. The van der Waals surface area contributed by atoms with Gasteiger partial charge in [-0.2, -0.15) is 0 Å². The van der Waals surface area contributed by atoms with Crippen LogP contribution in [0.1, 0.15) is 69.9 Å². The van der Waals surface area contributed by atoms with E-state index in [4.69, 9.17) is 28.7 Å². The van der Waals surface area contributed by atoms with Crippen LogP contribution < -0.4 is 71.2 Å². The van der Waals surface area contributed by atoms with Gasteiger partial charge in [-0.25, -0.2) is 0 Å². The van der Waals surface area contributed by atoms with Gasteiger partial charge in [-0.05, 0) is 62.6 Å². The zero-order valence-electron chi connectivity index (χ0n) is 42.4. The molecular weight excluding hydrogens is 987 g/mol. The predicted molar refractivity (Wildman–Crippen MR) is 278 cm³/mol. The number of primary amides is 1. The highest BCUT2D eigenvalue weighted by Crippen LogP contribution is 2.21. The molecule has 0 saturated carbocycles. The molecule has 2 saturated heterocycles. The fourth-order valence-corrected chi connectivity index (χ4v) is 8.73.